The Morgan fingerprint density at radius 2 is 1.77 bits per heavy atom. The van der Waals surface area contributed by atoms with Crippen LogP contribution in [0, 0.1) is 0 Å². The summed E-state index contributed by atoms with van der Waals surface area (Å²) >= 11 is 0. The maximum Gasteiger partial charge on any atom is 0.416 e. The number of anilines is 1. The highest BCUT2D eigenvalue weighted by atomic mass is 19.4. The molecule has 1 aliphatic rings. The van der Waals surface area contributed by atoms with E-state index in [2.05, 4.69) is 40.0 Å². The molecular formula is C30H33F3N4O3. The molecule has 0 aliphatic heterocycles. The van der Waals surface area contributed by atoms with Crippen molar-refractivity contribution in [2.75, 3.05) is 19.0 Å². The Morgan fingerprint density at radius 3 is 2.40 bits per heavy atom. The molecule has 2 amide bonds. The largest absolute Gasteiger partial charge is 0.497 e. The van der Waals surface area contributed by atoms with Crippen molar-refractivity contribution in [3.8, 4) is 5.75 Å². The number of carbonyl (C=O) groups is 2. The first kappa shape index (κ1) is 29.1. The SMILES string of the molecule is COc1ccc(C2CC2(C)NCCCCC(NC(=O)c2ccc(C(F)(F)F)cc2)C(=O)Nc2ccccn2)cc1. The molecule has 0 saturated heterocycles. The van der Waals surface area contributed by atoms with Crippen LogP contribution in [0.3, 0.4) is 0 Å². The lowest BCUT2D eigenvalue weighted by atomic mass is 10.1. The molecule has 0 radical (unpaired) electrons. The number of amides is 2. The molecular weight excluding hydrogens is 521 g/mol. The van der Waals surface area contributed by atoms with Crippen molar-refractivity contribution >= 4 is 17.6 Å². The van der Waals surface area contributed by atoms with Gasteiger partial charge in [0.15, 0.2) is 0 Å². The lowest BCUT2D eigenvalue weighted by Gasteiger charge is -2.19. The first-order valence-corrected chi connectivity index (χ1v) is 13.2. The molecule has 1 saturated carbocycles. The van der Waals surface area contributed by atoms with Gasteiger partial charge in [-0.2, -0.15) is 13.2 Å². The highest BCUT2D eigenvalue weighted by Crippen LogP contribution is 2.51. The number of hydrogen-bond donors (Lipinski definition) is 3. The molecule has 4 rings (SSSR count). The summed E-state index contributed by atoms with van der Waals surface area (Å²) in [7, 11) is 1.64. The van der Waals surface area contributed by atoms with Crippen molar-refractivity contribution in [3.05, 3.63) is 89.6 Å². The van der Waals surface area contributed by atoms with Gasteiger partial charge in [-0.25, -0.2) is 4.98 Å². The lowest BCUT2D eigenvalue weighted by molar-refractivity contribution is -0.137. The van der Waals surface area contributed by atoms with Crippen molar-refractivity contribution in [1.82, 2.24) is 15.6 Å². The van der Waals surface area contributed by atoms with Gasteiger partial charge in [0.05, 0.1) is 12.7 Å². The van der Waals surface area contributed by atoms with Crippen LogP contribution in [-0.4, -0.2) is 42.0 Å². The molecule has 3 unspecified atom stereocenters. The summed E-state index contributed by atoms with van der Waals surface area (Å²) in [5.74, 6) is 0.514. The molecule has 40 heavy (non-hydrogen) atoms. The van der Waals surface area contributed by atoms with Crippen LogP contribution in [0.1, 0.15) is 60.0 Å². The predicted molar refractivity (Wildman–Crippen MR) is 146 cm³/mol. The van der Waals surface area contributed by atoms with Gasteiger partial charge in [-0.05, 0) is 93.2 Å². The Labute approximate surface area is 231 Å². The third-order valence-corrected chi connectivity index (χ3v) is 7.22. The van der Waals surface area contributed by atoms with E-state index in [0.29, 0.717) is 24.6 Å². The van der Waals surface area contributed by atoms with Crippen LogP contribution in [0.2, 0.25) is 0 Å². The van der Waals surface area contributed by atoms with Crippen molar-refractivity contribution in [2.45, 2.75) is 56.3 Å². The van der Waals surface area contributed by atoms with Gasteiger partial charge in [-0.15, -0.1) is 0 Å². The number of rotatable bonds is 12. The molecule has 1 aromatic heterocycles. The quantitative estimate of drug-likeness (QED) is 0.255. The lowest BCUT2D eigenvalue weighted by Crippen LogP contribution is -2.44. The maximum absolute atomic E-state index is 13.0. The van der Waals surface area contributed by atoms with Gasteiger partial charge < -0.3 is 20.7 Å². The fourth-order valence-electron chi connectivity index (χ4n) is 4.70. The zero-order valence-electron chi connectivity index (χ0n) is 22.4. The van der Waals surface area contributed by atoms with Gasteiger partial charge in [0.1, 0.15) is 17.6 Å². The minimum absolute atomic E-state index is 0.00113. The highest BCUT2D eigenvalue weighted by Gasteiger charge is 2.50. The van der Waals surface area contributed by atoms with Crippen LogP contribution in [0.5, 0.6) is 5.75 Å². The van der Waals surface area contributed by atoms with Gasteiger partial charge in [0.25, 0.3) is 5.91 Å². The molecule has 212 valence electrons. The van der Waals surface area contributed by atoms with Crippen molar-refractivity contribution in [1.29, 1.82) is 0 Å². The monoisotopic (exact) mass is 554 g/mol. The van der Waals surface area contributed by atoms with E-state index in [4.69, 9.17) is 4.74 Å². The van der Waals surface area contributed by atoms with Crippen LogP contribution in [-0.2, 0) is 11.0 Å². The first-order valence-electron chi connectivity index (χ1n) is 13.2. The fourth-order valence-corrected chi connectivity index (χ4v) is 4.70. The van der Waals surface area contributed by atoms with E-state index in [1.807, 2.05) is 12.1 Å². The number of nitrogens with one attached hydrogen (secondary N) is 3. The smallest absolute Gasteiger partial charge is 0.416 e. The van der Waals surface area contributed by atoms with E-state index in [1.54, 1.807) is 25.3 Å². The Morgan fingerprint density at radius 1 is 1.05 bits per heavy atom. The second kappa shape index (κ2) is 12.5. The number of ether oxygens (including phenoxy) is 1. The number of unbranched alkanes of at least 4 members (excludes halogenated alkanes) is 1. The van der Waals surface area contributed by atoms with Crippen molar-refractivity contribution < 1.29 is 27.5 Å². The number of aromatic nitrogens is 1. The van der Waals surface area contributed by atoms with Crippen molar-refractivity contribution in [2.24, 2.45) is 0 Å². The molecule has 1 aliphatic carbocycles. The summed E-state index contributed by atoms with van der Waals surface area (Å²) in [4.78, 5) is 29.9. The predicted octanol–water partition coefficient (Wildman–Crippen LogP) is 5.55. The van der Waals surface area contributed by atoms with Crippen molar-refractivity contribution in [3.63, 3.8) is 0 Å². The van der Waals surface area contributed by atoms with Gasteiger partial charge in [0.2, 0.25) is 5.91 Å². The molecule has 3 N–H and O–H groups in total. The molecule has 10 heteroatoms. The fraction of sp³-hybridized carbons (Fsp3) is 0.367. The zero-order valence-corrected chi connectivity index (χ0v) is 22.4. The summed E-state index contributed by atoms with van der Waals surface area (Å²) < 4.78 is 43.9. The molecule has 7 nitrogen and oxygen atoms in total. The van der Waals surface area contributed by atoms with E-state index in [0.717, 1.165) is 49.4 Å². The average Bonchev–Trinajstić information content (AvgIpc) is 3.63. The summed E-state index contributed by atoms with van der Waals surface area (Å²) in [5, 5.41) is 8.99. The van der Waals surface area contributed by atoms with Crippen LogP contribution < -0.4 is 20.7 Å². The molecule has 0 bridgehead atoms. The second-order valence-electron chi connectivity index (χ2n) is 10.2. The van der Waals surface area contributed by atoms with Crippen LogP contribution in [0.25, 0.3) is 0 Å². The number of halogens is 3. The number of nitrogens with zero attached hydrogens (tertiary/aromatic N) is 1. The van der Waals surface area contributed by atoms with E-state index in [-0.39, 0.29) is 11.1 Å². The van der Waals surface area contributed by atoms with Crippen LogP contribution in [0.4, 0.5) is 19.0 Å². The number of alkyl halides is 3. The molecule has 1 fully saturated rings. The summed E-state index contributed by atoms with van der Waals surface area (Å²) in [6.45, 7) is 2.93. The molecule has 1 heterocycles. The topological polar surface area (TPSA) is 92.4 Å². The molecule has 3 atom stereocenters. The van der Waals surface area contributed by atoms with Crippen LogP contribution in [0.15, 0.2) is 72.9 Å². The van der Waals surface area contributed by atoms with Crippen LogP contribution >= 0.6 is 0 Å². The third kappa shape index (κ3) is 7.59. The normalized spacial score (nSPS) is 19.0. The van der Waals surface area contributed by atoms with E-state index >= 15 is 0 Å². The minimum atomic E-state index is -4.50. The summed E-state index contributed by atoms with van der Waals surface area (Å²) in [6, 6.07) is 16.2. The van der Waals surface area contributed by atoms with Gasteiger partial charge in [0, 0.05) is 23.2 Å². The Bertz CT molecular complexity index is 1280. The Hall–Kier alpha value is -3.92. The number of pyridine rings is 1. The van der Waals surface area contributed by atoms with Gasteiger partial charge in [-0.1, -0.05) is 18.2 Å². The number of hydrogen-bond acceptors (Lipinski definition) is 5. The first-order chi connectivity index (χ1) is 19.1. The second-order valence-corrected chi connectivity index (χ2v) is 10.2. The number of carbonyl (C=O) groups excluding carboxylic acids is 2. The number of benzene rings is 2. The highest BCUT2D eigenvalue weighted by molar-refractivity contribution is 6.00. The number of methoxy groups -OCH3 is 1. The van der Waals surface area contributed by atoms with E-state index < -0.39 is 29.6 Å². The third-order valence-electron chi connectivity index (χ3n) is 7.22. The average molecular weight is 555 g/mol. The van der Waals surface area contributed by atoms with E-state index in [1.165, 1.54) is 11.8 Å². The summed E-state index contributed by atoms with van der Waals surface area (Å²) in [6.07, 6.45) is -0.170. The summed E-state index contributed by atoms with van der Waals surface area (Å²) in [5.41, 5.74) is 0.449. The molecule has 0 spiro atoms. The van der Waals surface area contributed by atoms with Gasteiger partial charge in [-0.3, -0.25) is 9.59 Å². The maximum atomic E-state index is 13.0. The molecule has 3 aromatic rings. The van der Waals surface area contributed by atoms with Gasteiger partial charge >= 0.3 is 6.18 Å². The molecule has 2 aromatic carbocycles. The minimum Gasteiger partial charge on any atom is -0.497 e. The van der Waals surface area contributed by atoms with E-state index in [9.17, 15) is 22.8 Å². The standard InChI is InChI=1S/C30H33F3N4O3/c1-29(19-24(29)20-11-15-23(40-2)16-12-20)35-18-6-3-7-25(28(39)37-26-8-4-5-17-34-26)36-27(38)21-9-13-22(14-10-21)30(31,32)33/h4-5,8-17,24-25,35H,3,6-7,18-19H2,1-2H3,(H,36,38)(H,34,37,39). The Kier molecular flexibility index (Phi) is 9.09. The Balaban J connectivity index is 1.31. The zero-order chi connectivity index (χ0) is 28.8.